The fourth-order valence-corrected chi connectivity index (χ4v) is 3.04. The maximum absolute atomic E-state index is 2.65. The number of benzene rings is 1. The summed E-state index contributed by atoms with van der Waals surface area (Å²) in [5, 5.41) is 0. The molecule has 2 heteroatoms. The van der Waals surface area contributed by atoms with Crippen molar-refractivity contribution in [3.63, 3.8) is 0 Å². The highest BCUT2D eigenvalue weighted by Gasteiger charge is 2.35. The second-order valence-corrected chi connectivity index (χ2v) is 6.88. The average Bonchev–Trinajstić information content (AvgIpc) is 2.38. The summed E-state index contributed by atoms with van der Waals surface area (Å²) in [6.07, 6.45) is 0. The van der Waals surface area contributed by atoms with Crippen LogP contribution < -0.4 is 0 Å². The zero-order chi connectivity index (χ0) is 14.0. The van der Waals surface area contributed by atoms with E-state index in [0.29, 0.717) is 12.1 Å². The van der Waals surface area contributed by atoms with Crippen molar-refractivity contribution in [1.82, 2.24) is 9.80 Å². The van der Waals surface area contributed by atoms with Gasteiger partial charge in [0.15, 0.2) is 0 Å². The molecule has 106 valence electrons. The molecule has 1 heterocycles. The summed E-state index contributed by atoms with van der Waals surface area (Å²) >= 11 is 0. The molecule has 0 radical (unpaired) electrons. The zero-order valence-corrected chi connectivity index (χ0v) is 13.1. The molecular formula is C17H28N2. The second-order valence-electron chi connectivity index (χ2n) is 6.88. The summed E-state index contributed by atoms with van der Waals surface area (Å²) in [5.41, 5.74) is 1.67. The molecule has 1 saturated heterocycles. The van der Waals surface area contributed by atoms with E-state index in [0.717, 1.165) is 13.1 Å². The molecule has 2 rings (SSSR count). The third-order valence-electron chi connectivity index (χ3n) is 4.19. The maximum atomic E-state index is 2.65. The Labute approximate surface area is 118 Å². The van der Waals surface area contributed by atoms with Crippen molar-refractivity contribution in [3.8, 4) is 0 Å². The van der Waals surface area contributed by atoms with E-state index in [9.17, 15) is 0 Å². The normalized spacial score (nSPS) is 22.9. The van der Waals surface area contributed by atoms with E-state index in [1.54, 1.807) is 0 Å². The standard InChI is InChI=1S/C17H28N2/c1-14(2)18-11-12-19(17(3,4)5)16(13-18)15-9-7-6-8-10-15/h6-10,14,16H,11-13H2,1-5H3. The van der Waals surface area contributed by atoms with Gasteiger partial charge in [-0.15, -0.1) is 0 Å². The number of hydrogen-bond donors (Lipinski definition) is 0. The third kappa shape index (κ3) is 3.37. The Hall–Kier alpha value is -0.860. The molecule has 1 fully saturated rings. The Balaban J connectivity index is 2.26. The Morgan fingerprint density at radius 2 is 1.68 bits per heavy atom. The lowest BCUT2D eigenvalue weighted by Gasteiger charge is -2.49. The molecule has 1 aromatic carbocycles. The largest absolute Gasteiger partial charge is 0.298 e. The van der Waals surface area contributed by atoms with E-state index in [-0.39, 0.29) is 5.54 Å². The fourth-order valence-electron chi connectivity index (χ4n) is 3.04. The molecule has 0 saturated carbocycles. The highest BCUT2D eigenvalue weighted by atomic mass is 15.3. The molecule has 1 aromatic rings. The van der Waals surface area contributed by atoms with Gasteiger partial charge in [-0.1, -0.05) is 30.3 Å². The van der Waals surface area contributed by atoms with Gasteiger partial charge in [0.05, 0.1) is 0 Å². The van der Waals surface area contributed by atoms with E-state index in [4.69, 9.17) is 0 Å². The fraction of sp³-hybridized carbons (Fsp3) is 0.647. The number of nitrogens with zero attached hydrogens (tertiary/aromatic N) is 2. The first-order valence-electron chi connectivity index (χ1n) is 7.45. The topological polar surface area (TPSA) is 6.48 Å². The molecule has 0 N–H and O–H groups in total. The van der Waals surface area contributed by atoms with Crippen LogP contribution in [0.2, 0.25) is 0 Å². The van der Waals surface area contributed by atoms with E-state index in [1.807, 2.05) is 0 Å². The van der Waals surface area contributed by atoms with Gasteiger partial charge in [-0.25, -0.2) is 0 Å². The van der Waals surface area contributed by atoms with Gasteiger partial charge in [-0.2, -0.15) is 0 Å². The smallest absolute Gasteiger partial charge is 0.0481 e. The van der Waals surface area contributed by atoms with E-state index >= 15 is 0 Å². The van der Waals surface area contributed by atoms with Crippen LogP contribution in [0.25, 0.3) is 0 Å². The summed E-state index contributed by atoms with van der Waals surface area (Å²) < 4.78 is 0. The predicted octanol–water partition coefficient (Wildman–Crippen LogP) is 3.55. The zero-order valence-electron chi connectivity index (χ0n) is 13.1. The number of hydrogen-bond acceptors (Lipinski definition) is 2. The Kier molecular flexibility index (Phi) is 4.32. The van der Waals surface area contributed by atoms with Crippen molar-refractivity contribution < 1.29 is 0 Å². The van der Waals surface area contributed by atoms with Crippen molar-refractivity contribution in [3.05, 3.63) is 35.9 Å². The average molecular weight is 260 g/mol. The van der Waals surface area contributed by atoms with Gasteiger partial charge in [0, 0.05) is 37.3 Å². The van der Waals surface area contributed by atoms with E-state index < -0.39 is 0 Å². The molecule has 0 aliphatic carbocycles. The van der Waals surface area contributed by atoms with Crippen molar-refractivity contribution >= 4 is 0 Å². The van der Waals surface area contributed by atoms with Crippen LogP contribution in [0.1, 0.15) is 46.2 Å². The van der Waals surface area contributed by atoms with Crippen LogP contribution >= 0.6 is 0 Å². The summed E-state index contributed by atoms with van der Waals surface area (Å²) in [7, 11) is 0. The Morgan fingerprint density at radius 1 is 1.05 bits per heavy atom. The Morgan fingerprint density at radius 3 is 2.21 bits per heavy atom. The SMILES string of the molecule is CC(C)N1CCN(C(C)(C)C)C(c2ccccc2)C1. The second kappa shape index (κ2) is 5.64. The summed E-state index contributed by atoms with van der Waals surface area (Å²) in [6.45, 7) is 15.1. The van der Waals surface area contributed by atoms with E-state index in [2.05, 4.69) is 74.8 Å². The minimum atomic E-state index is 0.226. The van der Waals surface area contributed by atoms with Crippen LogP contribution in [0.15, 0.2) is 30.3 Å². The molecule has 0 aromatic heterocycles. The summed E-state index contributed by atoms with van der Waals surface area (Å²) in [4.78, 5) is 5.25. The van der Waals surface area contributed by atoms with Gasteiger partial charge in [-0.05, 0) is 40.2 Å². The van der Waals surface area contributed by atoms with Crippen LogP contribution in [0.3, 0.4) is 0 Å². The predicted molar refractivity (Wildman–Crippen MR) is 82.4 cm³/mol. The third-order valence-corrected chi connectivity index (χ3v) is 4.19. The molecule has 1 aliphatic rings. The molecule has 1 unspecified atom stereocenters. The highest BCUT2D eigenvalue weighted by Crippen LogP contribution is 2.32. The molecule has 0 bridgehead atoms. The highest BCUT2D eigenvalue weighted by molar-refractivity contribution is 5.21. The Bertz CT molecular complexity index is 391. The monoisotopic (exact) mass is 260 g/mol. The molecule has 2 nitrogen and oxygen atoms in total. The van der Waals surface area contributed by atoms with Crippen molar-refractivity contribution in [2.75, 3.05) is 19.6 Å². The lowest BCUT2D eigenvalue weighted by atomic mass is 9.95. The van der Waals surface area contributed by atoms with Gasteiger partial charge < -0.3 is 0 Å². The minimum absolute atomic E-state index is 0.226. The van der Waals surface area contributed by atoms with Crippen LogP contribution in [0, 0.1) is 0 Å². The first-order valence-corrected chi connectivity index (χ1v) is 7.45. The van der Waals surface area contributed by atoms with Crippen LogP contribution in [0.4, 0.5) is 0 Å². The van der Waals surface area contributed by atoms with E-state index in [1.165, 1.54) is 12.1 Å². The minimum Gasteiger partial charge on any atom is -0.298 e. The van der Waals surface area contributed by atoms with Crippen LogP contribution in [-0.4, -0.2) is 41.0 Å². The maximum Gasteiger partial charge on any atom is 0.0481 e. The van der Waals surface area contributed by atoms with Gasteiger partial charge in [0.2, 0.25) is 0 Å². The summed E-state index contributed by atoms with van der Waals surface area (Å²) in [5.74, 6) is 0. The molecular weight excluding hydrogens is 232 g/mol. The van der Waals surface area contributed by atoms with Crippen molar-refractivity contribution in [2.24, 2.45) is 0 Å². The molecule has 0 spiro atoms. The first kappa shape index (κ1) is 14.5. The molecule has 0 amide bonds. The molecule has 1 atom stereocenters. The van der Waals surface area contributed by atoms with Gasteiger partial charge in [-0.3, -0.25) is 9.80 Å². The quantitative estimate of drug-likeness (QED) is 0.802. The lowest BCUT2D eigenvalue weighted by Crippen LogP contribution is -2.56. The van der Waals surface area contributed by atoms with Gasteiger partial charge in [0.1, 0.15) is 0 Å². The molecule has 1 aliphatic heterocycles. The van der Waals surface area contributed by atoms with Crippen molar-refractivity contribution in [1.29, 1.82) is 0 Å². The number of rotatable bonds is 2. The number of piperazine rings is 1. The van der Waals surface area contributed by atoms with Gasteiger partial charge >= 0.3 is 0 Å². The summed E-state index contributed by atoms with van der Waals surface area (Å²) in [6, 6.07) is 12.1. The van der Waals surface area contributed by atoms with Gasteiger partial charge in [0.25, 0.3) is 0 Å². The van der Waals surface area contributed by atoms with Crippen LogP contribution in [-0.2, 0) is 0 Å². The molecule has 19 heavy (non-hydrogen) atoms. The lowest BCUT2D eigenvalue weighted by molar-refractivity contribution is -0.00178. The van der Waals surface area contributed by atoms with Crippen molar-refractivity contribution in [2.45, 2.75) is 52.2 Å². The van der Waals surface area contributed by atoms with Crippen LogP contribution in [0.5, 0.6) is 0 Å². The first-order chi connectivity index (χ1) is 8.89.